The number of carbonyl (C=O) groups is 1. The van der Waals surface area contributed by atoms with E-state index in [9.17, 15) is 4.79 Å². The van der Waals surface area contributed by atoms with Crippen molar-refractivity contribution in [1.29, 1.82) is 0 Å². The van der Waals surface area contributed by atoms with Crippen molar-refractivity contribution in [2.24, 2.45) is 0 Å². The summed E-state index contributed by atoms with van der Waals surface area (Å²) in [5.74, 6) is 0.00927. The number of aryl methyl sites for hydroxylation is 1. The van der Waals surface area contributed by atoms with Crippen LogP contribution in [0.5, 0.6) is 0 Å². The number of hydrogen-bond acceptors (Lipinski definition) is 2. The molecule has 104 valence electrons. The fourth-order valence-electron chi connectivity index (χ4n) is 1.97. The fourth-order valence-corrected chi connectivity index (χ4v) is 2.35. The van der Waals surface area contributed by atoms with E-state index in [0.717, 1.165) is 15.6 Å². The highest BCUT2D eigenvalue weighted by Gasteiger charge is 2.19. The van der Waals surface area contributed by atoms with Crippen LogP contribution in [0.25, 0.3) is 0 Å². The number of rotatable bonds is 3. The van der Waals surface area contributed by atoms with Gasteiger partial charge >= 0.3 is 0 Å². The van der Waals surface area contributed by atoms with E-state index in [0.29, 0.717) is 5.56 Å². The van der Waals surface area contributed by atoms with Crippen molar-refractivity contribution in [3.63, 3.8) is 0 Å². The number of halogens is 1. The van der Waals surface area contributed by atoms with Gasteiger partial charge in [0.1, 0.15) is 0 Å². The number of amides is 1. The van der Waals surface area contributed by atoms with Crippen molar-refractivity contribution in [1.82, 2.24) is 9.88 Å². The highest BCUT2D eigenvalue weighted by atomic mass is 79.9. The molecule has 0 spiro atoms. The zero-order chi connectivity index (χ0) is 14.7. The molecule has 0 saturated carbocycles. The zero-order valence-electron chi connectivity index (χ0n) is 11.8. The van der Waals surface area contributed by atoms with Crippen LogP contribution in [-0.4, -0.2) is 22.8 Å². The number of aromatic nitrogens is 1. The van der Waals surface area contributed by atoms with Crippen molar-refractivity contribution in [2.75, 3.05) is 7.05 Å². The van der Waals surface area contributed by atoms with Gasteiger partial charge in [-0.15, -0.1) is 0 Å². The van der Waals surface area contributed by atoms with Crippen LogP contribution in [0.15, 0.2) is 47.2 Å². The second-order valence-electron chi connectivity index (χ2n) is 4.84. The molecule has 0 radical (unpaired) electrons. The van der Waals surface area contributed by atoms with Gasteiger partial charge in [0.25, 0.3) is 5.91 Å². The smallest absolute Gasteiger partial charge is 0.254 e. The first-order chi connectivity index (χ1) is 9.50. The minimum absolute atomic E-state index is 0.00517. The molecular formula is C16H17BrN2O. The topological polar surface area (TPSA) is 33.2 Å². The Morgan fingerprint density at radius 3 is 2.50 bits per heavy atom. The van der Waals surface area contributed by atoms with Crippen molar-refractivity contribution in [2.45, 2.75) is 19.9 Å². The van der Waals surface area contributed by atoms with Crippen molar-refractivity contribution >= 4 is 21.8 Å². The summed E-state index contributed by atoms with van der Waals surface area (Å²) >= 11 is 3.47. The number of carbonyl (C=O) groups excluding carboxylic acids is 1. The molecule has 2 aromatic rings. The molecule has 2 rings (SSSR count). The summed E-state index contributed by atoms with van der Waals surface area (Å²) in [6.07, 6.45) is 3.49. The average Bonchev–Trinajstić information content (AvgIpc) is 2.48. The molecule has 1 aromatic heterocycles. The molecule has 20 heavy (non-hydrogen) atoms. The van der Waals surface area contributed by atoms with Crippen LogP contribution in [0.4, 0.5) is 0 Å². The molecular weight excluding hydrogens is 316 g/mol. The molecule has 0 aliphatic carbocycles. The Balaban J connectivity index is 2.22. The summed E-state index contributed by atoms with van der Waals surface area (Å²) in [5, 5.41) is 0. The Bertz CT molecular complexity index is 613. The lowest BCUT2D eigenvalue weighted by molar-refractivity contribution is 0.0742. The molecule has 3 nitrogen and oxygen atoms in total. The molecule has 1 amide bonds. The number of benzene rings is 1. The lowest BCUT2D eigenvalue weighted by atomic mass is 10.1. The SMILES string of the molecule is Cc1ccc(C(=O)N(C)C(C)c2ccncc2)cc1Br. The third-order valence-corrected chi connectivity index (χ3v) is 4.36. The molecule has 0 saturated heterocycles. The lowest BCUT2D eigenvalue weighted by Crippen LogP contribution is -2.29. The van der Waals surface area contributed by atoms with E-state index in [1.165, 1.54) is 0 Å². The van der Waals surface area contributed by atoms with Crippen molar-refractivity contribution in [3.8, 4) is 0 Å². The van der Waals surface area contributed by atoms with Gasteiger partial charge in [-0.05, 0) is 49.2 Å². The van der Waals surface area contributed by atoms with Gasteiger partial charge in [0.15, 0.2) is 0 Å². The van der Waals surface area contributed by atoms with Crippen LogP contribution >= 0.6 is 15.9 Å². The highest BCUT2D eigenvalue weighted by molar-refractivity contribution is 9.10. The summed E-state index contributed by atoms with van der Waals surface area (Å²) in [5.41, 5.74) is 2.87. The van der Waals surface area contributed by atoms with Gasteiger partial charge in [-0.1, -0.05) is 22.0 Å². The van der Waals surface area contributed by atoms with E-state index < -0.39 is 0 Å². The minimum atomic E-state index is 0.00517. The maximum Gasteiger partial charge on any atom is 0.254 e. The van der Waals surface area contributed by atoms with E-state index in [2.05, 4.69) is 20.9 Å². The third-order valence-electron chi connectivity index (χ3n) is 3.51. The molecule has 0 aliphatic rings. The molecule has 1 aromatic carbocycles. The Morgan fingerprint density at radius 2 is 1.90 bits per heavy atom. The summed E-state index contributed by atoms with van der Waals surface area (Å²) < 4.78 is 0.952. The summed E-state index contributed by atoms with van der Waals surface area (Å²) in [7, 11) is 1.82. The molecule has 0 fully saturated rings. The van der Waals surface area contributed by atoms with Gasteiger partial charge in [0, 0.05) is 29.5 Å². The standard InChI is InChI=1S/C16H17BrN2O/c1-11-4-5-14(10-15(11)17)16(20)19(3)12(2)13-6-8-18-9-7-13/h4-10,12H,1-3H3. The molecule has 0 bridgehead atoms. The molecule has 1 unspecified atom stereocenters. The van der Waals surface area contributed by atoms with Crippen molar-refractivity contribution < 1.29 is 4.79 Å². The number of hydrogen-bond donors (Lipinski definition) is 0. The molecule has 0 aliphatic heterocycles. The van der Waals surface area contributed by atoms with Crippen LogP contribution < -0.4 is 0 Å². The normalized spacial score (nSPS) is 12.0. The minimum Gasteiger partial charge on any atom is -0.335 e. The fraction of sp³-hybridized carbons (Fsp3) is 0.250. The summed E-state index contributed by atoms with van der Waals surface area (Å²) in [4.78, 5) is 18.3. The maximum atomic E-state index is 12.5. The Morgan fingerprint density at radius 1 is 1.25 bits per heavy atom. The van der Waals surface area contributed by atoms with Crippen LogP contribution in [0.3, 0.4) is 0 Å². The predicted molar refractivity (Wildman–Crippen MR) is 83.6 cm³/mol. The third kappa shape index (κ3) is 3.07. The average molecular weight is 333 g/mol. The Hall–Kier alpha value is -1.68. The van der Waals surface area contributed by atoms with Crippen LogP contribution in [0, 0.1) is 6.92 Å². The second kappa shape index (κ2) is 6.18. The highest BCUT2D eigenvalue weighted by Crippen LogP contribution is 2.22. The lowest BCUT2D eigenvalue weighted by Gasteiger charge is -2.25. The van der Waals surface area contributed by atoms with Gasteiger partial charge in [-0.2, -0.15) is 0 Å². The molecule has 1 atom stereocenters. The van der Waals surface area contributed by atoms with Gasteiger partial charge in [0.05, 0.1) is 6.04 Å². The van der Waals surface area contributed by atoms with Crippen LogP contribution in [-0.2, 0) is 0 Å². The van der Waals surface area contributed by atoms with E-state index in [-0.39, 0.29) is 11.9 Å². The number of nitrogens with zero attached hydrogens (tertiary/aromatic N) is 2. The molecule has 1 heterocycles. The molecule has 0 N–H and O–H groups in total. The van der Waals surface area contributed by atoms with Gasteiger partial charge in [-0.3, -0.25) is 9.78 Å². The quantitative estimate of drug-likeness (QED) is 0.851. The zero-order valence-corrected chi connectivity index (χ0v) is 13.4. The monoisotopic (exact) mass is 332 g/mol. The van der Waals surface area contributed by atoms with E-state index in [1.807, 2.05) is 51.2 Å². The first-order valence-electron chi connectivity index (χ1n) is 6.44. The number of pyridine rings is 1. The van der Waals surface area contributed by atoms with E-state index in [4.69, 9.17) is 0 Å². The first-order valence-corrected chi connectivity index (χ1v) is 7.23. The van der Waals surface area contributed by atoms with Gasteiger partial charge in [-0.25, -0.2) is 0 Å². The Labute approximate surface area is 127 Å². The maximum absolute atomic E-state index is 12.5. The van der Waals surface area contributed by atoms with E-state index in [1.54, 1.807) is 17.3 Å². The Kier molecular flexibility index (Phi) is 4.55. The summed E-state index contributed by atoms with van der Waals surface area (Å²) in [6, 6.07) is 9.54. The van der Waals surface area contributed by atoms with Crippen LogP contribution in [0.1, 0.15) is 34.5 Å². The van der Waals surface area contributed by atoms with Gasteiger partial charge in [0.2, 0.25) is 0 Å². The van der Waals surface area contributed by atoms with Gasteiger partial charge < -0.3 is 4.90 Å². The summed E-state index contributed by atoms with van der Waals surface area (Å²) in [6.45, 7) is 4.01. The van der Waals surface area contributed by atoms with E-state index >= 15 is 0 Å². The second-order valence-corrected chi connectivity index (χ2v) is 5.69. The molecule has 4 heteroatoms. The van der Waals surface area contributed by atoms with Crippen molar-refractivity contribution in [3.05, 3.63) is 63.9 Å². The first kappa shape index (κ1) is 14.7. The predicted octanol–water partition coefficient (Wildman–Crippen LogP) is 3.99. The van der Waals surface area contributed by atoms with Crippen LogP contribution in [0.2, 0.25) is 0 Å². The largest absolute Gasteiger partial charge is 0.335 e.